The lowest BCUT2D eigenvalue weighted by molar-refractivity contribution is -0.128. The zero-order chi connectivity index (χ0) is 14.8. The normalized spacial score (nSPS) is 11.3. The molecule has 2 aromatic rings. The fourth-order valence-corrected chi connectivity index (χ4v) is 2.09. The Morgan fingerprint density at radius 1 is 1.25 bits per heavy atom. The lowest BCUT2D eigenvalue weighted by Crippen LogP contribution is -2.43. The molecule has 0 atom stereocenters. The van der Waals surface area contributed by atoms with Crippen molar-refractivity contribution in [3.05, 3.63) is 36.0 Å². The highest BCUT2D eigenvalue weighted by atomic mass is 16.2. The molecule has 0 aliphatic carbocycles. The molecule has 3 N–H and O–H groups in total. The molecule has 0 radical (unpaired) electrons. The fraction of sp³-hybridized carbons (Fsp3) is 0.333. The van der Waals surface area contributed by atoms with E-state index in [-0.39, 0.29) is 18.4 Å². The molecule has 0 saturated carbocycles. The first-order valence-corrected chi connectivity index (χ1v) is 6.52. The summed E-state index contributed by atoms with van der Waals surface area (Å²) in [5.74, 6) is -0.286. The number of rotatable bonds is 4. The molecule has 0 spiro atoms. The second-order valence-corrected chi connectivity index (χ2v) is 5.39. The van der Waals surface area contributed by atoms with Crippen molar-refractivity contribution in [1.82, 2.24) is 15.6 Å². The minimum Gasteiger partial charge on any atom is -0.361 e. The summed E-state index contributed by atoms with van der Waals surface area (Å²) in [4.78, 5) is 27.0. The summed E-state index contributed by atoms with van der Waals surface area (Å²) in [6.07, 6.45) is 1.80. The molecule has 1 aromatic carbocycles. The highest BCUT2D eigenvalue weighted by Gasteiger charge is 2.27. The highest BCUT2D eigenvalue weighted by molar-refractivity contribution is 6.05. The van der Waals surface area contributed by atoms with Crippen molar-refractivity contribution in [2.24, 2.45) is 5.41 Å². The zero-order valence-electron chi connectivity index (χ0n) is 11.9. The maximum absolute atomic E-state index is 12.3. The zero-order valence-corrected chi connectivity index (χ0v) is 11.9. The van der Waals surface area contributed by atoms with Crippen molar-refractivity contribution in [2.45, 2.75) is 13.8 Å². The molecule has 0 aliphatic rings. The number of fused-ring (bicyclic) bond motifs is 1. The molecule has 2 amide bonds. The van der Waals surface area contributed by atoms with Crippen LogP contribution in [0.2, 0.25) is 0 Å². The third-order valence-corrected chi connectivity index (χ3v) is 3.36. The van der Waals surface area contributed by atoms with Gasteiger partial charge in [-0.05, 0) is 26.0 Å². The molecule has 106 valence electrons. The van der Waals surface area contributed by atoms with Crippen LogP contribution in [0.5, 0.6) is 0 Å². The number of nitrogens with one attached hydrogen (secondary N) is 3. The molecule has 1 aromatic heterocycles. The maximum Gasteiger partial charge on any atom is 0.253 e. The van der Waals surface area contributed by atoms with Crippen LogP contribution >= 0.6 is 0 Å². The standard InChI is InChI=1S/C15H19N3O2/c1-15(2,14(20)16-3)9-18-13(19)11-6-4-5-10-7-8-17-12(10)11/h4-8,17H,9H2,1-3H3,(H,16,20)(H,18,19). The summed E-state index contributed by atoms with van der Waals surface area (Å²) in [6.45, 7) is 3.87. The van der Waals surface area contributed by atoms with E-state index in [1.54, 1.807) is 33.2 Å². The van der Waals surface area contributed by atoms with Gasteiger partial charge in [0.15, 0.2) is 0 Å². The Balaban J connectivity index is 2.13. The van der Waals surface area contributed by atoms with Crippen LogP contribution in [0, 0.1) is 5.41 Å². The minimum atomic E-state index is -0.645. The summed E-state index contributed by atoms with van der Waals surface area (Å²) in [5.41, 5.74) is 0.747. The quantitative estimate of drug-likeness (QED) is 0.792. The van der Waals surface area contributed by atoms with Crippen molar-refractivity contribution < 1.29 is 9.59 Å². The predicted octanol–water partition coefficient (Wildman–Crippen LogP) is 1.67. The van der Waals surface area contributed by atoms with Gasteiger partial charge in [-0.3, -0.25) is 9.59 Å². The summed E-state index contributed by atoms with van der Waals surface area (Å²) in [7, 11) is 1.59. The van der Waals surface area contributed by atoms with E-state index in [1.807, 2.05) is 18.2 Å². The number of carbonyl (C=O) groups excluding carboxylic acids is 2. The molecular weight excluding hydrogens is 254 g/mol. The van der Waals surface area contributed by atoms with Gasteiger partial charge in [0.05, 0.1) is 16.5 Å². The predicted molar refractivity (Wildman–Crippen MR) is 78.5 cm³/mol. The van der Waals surface area contributed by atoms with Gasteiger partial charge in [-0.15, -0.1) is 0 Å². The molecule has 2 rings (SSSR count). The average Bonchev–Trinajstić information content (AvgIpc) is 2.92. The SMILES string of the molecule is CNC(=O)C(C)(C)CNC(=O)c1cccc2cc[nH]c12. The number of hydrogen-bond acceptors (Lipinski definition) is 2. The van der Waals surface area contributed by atoms with Gasteiger partial charge in [-0.25, -0.2) is 0 Å². The number of hydrogen-bond donors (Lipinski definition) is 3. The Kier molecular flexibility index (Phi) is 3.79. The lowest BCUT2D eigenvalue weighted by Gasteiger charge is -2.22. The van der Waals surface area contributed by atoms with Crippen LogP contribution in [-0.4, -0.2) is 30.4 Å². The first-order valence-electron chi connectivity index (χ1n) is 6.52. The summed E-state index contributed by atoms with van der Waals surface area (Å²) >= 11 is 0. The van der Waals surface area contributed by atoms with Crippen molar-refractivity contribution in [3.8, 4) is 0 Å². The molecule has 1 heterocycles. The van der Waals surface area contributed by atoms with E-state index >= 15 is 0 Å². The van der Waals surface area contributed by atoms with Gasteiger partial charge >= 0.3 is 0 Å². The number of amides is 2. The summed E-state index contributed by atoms with van der Waals surface area (Å²) in [6, 6.07) is 7.47. The molecule has 5 heteroatoms. The summed E-state index contributed by atoms with van der Waals surface area (Å²) in [5, 5.41) is 6.40. The molecule has 0 fully saturated rings. The van der Waals surface area contributed by atoms with Gasteiger partial charge < -0.3 is 15.6 Å². The molecule has 0 unspecified atom stereocenters. The van der Waals surface area contributed by atoms with Crippen molar-refractivity contribution in [1.29, 1.82) is 0 Å². The van der Waals surface area contributed by atoms with Gasteiger partial charge in [0.25, 0.3) is 5.91 Å². The third-order valence-electron chi connectivity index (χ3n) is 3.36. The monoisotopic (exact) mass is 273 g/mol. The third kappa shape index (κ3) is 2.66. The number of aromatic nitrogens is 1. The van der Waals surface area contributed by atoms with Gasteiger partial charge in [0.1, 0.15) is 0 Å². The topological polar surface area (TPSA) is 74.0 Å². The number of benzene rings is 1. The van der Waals surface area contributed by atoms with E-state index < -0.39 is 5.41 Å². The number of para-hydroxylation sites is 1. The maximum atomic E-state index is 12.3. The second kappa shape index (κ2) is 5.36. The highest BCUT2D eigenvalue weighted by Crippen LogP contribution is 2.18. The smallest absolute Gasteiger partial charge is 0.253 e. The van der Waals surface area contributed by atoms with Crippen LogP contribution in [0.3, 0.4) is 0 Å². The molecule has 0 bridgehead atoms. The molecule has 0 saturated heterocycles. The summed E-state index contributed by atoms with van der Waals surface area (Å²) < 4.78 is 0. The number of H-pyrrole nitrogens is 1. The van der Waals surface area contributed by atoms with Gasteiger partial charge in [-0.1, -0.05) is 12.1 Å². The van der Waals surface area contributed by atoms with E-state index in [0.717, 1.165) is 10.9 Å². The molecular formula is C15H19N3O2. The molecule has 0 aliphatic heterocycles. The Hall–Kier alpha value is -2.30. The average molecular weight is 273 g/mol. The van der Waals surface area contributed by atoms with Crippen LogP contribution in [0.25, 0.3) is 10.9 Å². The van der Waals surface area contributed by atoms with E-state index in [2.05, 4.69) is 15.6 Å². The van der Waals surface area contributed by atoms with Gasteiger partial charge in [0, 0.05) is 25.2 Å². The van der Waals surface area contributed by atoms with E-state index in [9.17, 15) is 9.59 Å². The van der Waals surface area contributed by atoms with E-state index in [0.29, 0.717) is 5.56 Å². The van der Waals surface area contributed by atoms with E-state index in [4.69, 9.17) is 0 Å². The van der Waals surface area contributed by atoms with Crippen molar-refractivity contribution in [3.63, 3.8) is 0 Å². The van der Waals surface area contributed by atoms with Gasteiger partial charge in [-0.2, -0.15) is 0 Å². The number of aromatic amines is 1. The van der Waals surface area contributed by atoms with Crippen LogP contribution in [0.15, 0.2) is 30.5 Å². The lowest BCUT2D eigenvalue weighted by atomic mass is 9.92. The molecule has 20 heavy (non-hydrogen) atoms. The van der Waals surface area contributed by atoms with Crippen LogP contribution in [-0.2, 0) is 4.79 Å². The van der Waals surface area contributed by atoms with Crippen LogP contribution < -0.4 is 10.6 Å². The number of carbonyl (C=O) groups is 2. The fourth-order valence-electron chi connectivity index (χ4n) is 2.09. The minimum absolute atomic E-state index is 0.101. The van der Waals surface area contributed by atoms with Crippen molar-refractivity contribution >= 4 is 22.7 Å². The first-order chi connectivity index (χ1) is 9.45. The Labute approximate surface area is 117 Å². The Morgan fingerprint density at radius 3 is 2.70 bits per heavy atom. The second-order valence-electron chi connectivity index (χ2n) is 5.39. The van der Waals surface area contributed by atoms with E-state index in [1.165, 1.54) is 0 Å². The first kappa shape index (κ1) is 14.1. The van der Waals surface area contributed by atoms with Crippen molar-refractivity contribution in [2.75, 3.05) is 13.6 Å². The van der Waals surface area contributed by atoms with Crippen LogP contribution in [0.1, 0.15) is 24.2 Å². The molecule has 5 nitrogen and oxygen atoms in total. The Bertz CT molecular complexity index is 643. The van der Waals surface area contributed by atoms with Crippen LogP contribution in [0.4, 0.5) is 0 Å². The van der Waals surface area contributed by atoms with Gasteiger partial charge in [0.2, 0.25) is 5.91 Å². The largest absolute Gasteiger partial charge is 0.361 e. The Morgan fingerprint density at radius 2 is 2.00 bits per heavy atom.